The molecule has 0 spiro atoms. The molecule has 0 aliphatic carbocycles. The van der Waals surface area contributed by atoms with Crippen molar-refractivity contribution in [2.75, 3.05) is 5.73 Å². The van der Waals surface area contributed by atoms with Crippen LogP contribution in [0.25, 0.3) is 0 Å². The lowest BCUT2D eigenvalue weighted by Gasteiger charge is -2.04. The fourth-order valence-electron chi connectivity index (χ4n) is 1.30. The SMILES string of the molecule is Cn1nc([C@H](N)Cc2cnc[nH]2)nc1N. The van der Waals surface area contributed by atoms with Crippen LogP contribution in [0.1, 0.15) is 17.6 Å². The molecule has 0 bridgehead atoms. The number of hydrogen-bond donors (Lipinski definition) is 3. The highest BCUT2D eigenvalue weighted by molar-refractivity contribution is 5.17. The number of nitrogens with zero attached hydrogens (tertiary/aromatic N) is 4. The van der Waals surface area contributed by atoms with Crippen LogP contribution in [-0.4, -0.2) is 24.7 Å². The standard InChI is InChI=1S/C8H13N7/c1-15-8(10)13-7(14-15)6(9)2-5-3-11-4-12-5/h3-4,6H,2,9H2,1H3,(H,11,12)(H2,10,13,14)/t6-/m1/s1. The average Bonchev–Trinajstić information content (AvgIpc) is 2.78. The Bertz CT molecular complexity index is 410. The van der Waals surface area contributed by atoms with E-state index in [4.69, 9.17) is 11.5 Å². The predicted octanol–water partition coefficient (Wildman–Crippen LogP) is -0.637. The Kier molecular flexibility index (Phi) is 2.38. The summed E-state index contributed by atoms with van der Waals surface area (Å²) in [5, 5.41) is 4.11. The third kappa shape index (κ3) is 1.96. The van der Waals surface area contributed by atoms with E-state index in [1.54, 1.807) is 19.6 Å². The van der Waals surface area contributed by atoms with E-state index >= 15 is 0 Å². The first-order valence-electron chi connectivity index (χ1n) is 4.56. The summed E-state index contributed by atoms with van der Waals surface area (Å²) in [6.07, 6.45) is 3.96. The summed E-state index contributed by atoms with van der Waals surface area (Å²) in [4.78, 5) is 10.9. The van der Waals surface area contributed by atoms with Crippen molar-refractivity contribution >= 4 is 5.95 Å². The maximum atomic E-state index is 5.93. The highest BCUT2D eigenvalue weighted by Crippen LogP contribution is 2.11. The van der Waals surface area contributed by atoms with Crippen molar-refractivity contribution in [3.8, 4) is 0 Å². The van der Waals surface area contributed by atoms with Crippen LogP contribution < -0.4 is 11.5 Å². The molecule has 7 nitrogen and oxygen atoms in total. The van der Waals surface area contributed by atoms with Gasteiger partial charge < -0.3 is 16.5 Å². The number of hydrogen-bond acceptors (Lipinski definition) is 5. The highest BCUT2D eigenvalue weighted by atomic mass is 15.4. The van der Waals surface area contributed by atoms with E-state index in [9.17, 15) is 0 Å². The van der Waals surface area contributed by atoms with E-state index in [0.717, 1.165) is 5.69 Å². The van der Waals surface area contributed by atoms with Crippen LogP contribution in [0.4, 0.5) is 5.95 Å². The maximum Gasteiger partial charge on any atom is 0.218 e. The van der Waals surface area contributed by atoms with Gasteiger partial charge in [0.05, 0.1) is 12.4 Å². The summed E-state index contributed by atoms with van der Waals surface area (Å²) >= 11 is 0. The van der Waals surface area contributed by atoms with Crippen molar-refractivity contribution in [3.63, 3.8) is 0 Å². The maximum absolute atomic E-state index is 5.93. The number of aromatic nitrogens is 5. The van der Waals surface area contributed by atoms with Crippen LogP contribution in [0, 0.1) is 0 Å². The Labute approximate surface area is 86.5 Å². The molecule has 2 aromatic heterocycles. The lowest BCUT2D eigenvalue weighted by Crippen LogP contribution is -2.15. The van der Waals surface area contributed by atoms with Gasteiger partial charge in [0.1, 0.15) is 0 Å². The fourth-order valence-corrected chi connectivity index (χ4v) is 1.30. The third-order valence-electron chi connectivity index (χ3n) is 2.14. The minimum absolute atomic E-state index is 0.269. The second kappa shape index (κ2) is 3.70. The molecule has 0 saturated heterocycles. The number of nitrogens with one attached hydrogen (secondary N) is 1. The molecule has 15 heavy (non-hydrogen) atoms. The number of aromatic amines is 1. The second-order valence-electron chi connectivity index (χ2n) is 3.34. The van der Waals surface area contributed by atoms with Crippen LogP contribution in [0.15, 0.2) is 12.5 Å². The Balaban J connectivity index is 2.11. The minimum Gasteiger partial charge on any atom is -0.368 e. The van der Waals surface area contributed by atoms with E-state index in [0.29, 0.717) is 18.2 Å². The Hall–Kier alpha value is -1.89. The van der Waals surface area contributed by atoms with E-state index < -0.39 is 0 Å². The van der Waals surface area contributed by atoms with Crippen molar-refractivity contribution in [1.82, 2.24) is 24.7 Å². The van der Waals surface area contributed by atoms with Crippen molar-refractivity contribution in [3.05, 3.63) is 24.0 Å². The van der Waals surface area contributed by atoms with Crippen molar-refractivity contribution in [2.45, 2.75) is 12.5 Å². The molecule has 2 heterocycles. The molecular formula is C8H13N7. The van der Waals surface area contributed by atoms with E-state index in [1.807, 2.05) is 0 Å². The summed E-state index contributed by atoms with van der Waals surface area (Å²) in [5.41, 5.74) is 12.4. The number of aryl methyl sites for hydroxylation is 1. The molecule has 1 atom stereocenters. The first-order valence-corrected chi connectivity index (χ1v) is 4.56. The third-order valence-corrected chi connectivity index (χ3v) is 2.14. The van der Waals surface area contributed by atoms with Gasteiger partial charge in [0.2, 0.25) is 5.95 Å². The van der Waals surface area contributed by atoms with Crippen LogP contribution in [0.5, 0.6) is 0 Å². The smallest absolute Gasteiger partial charge is 0.218 e. The molecule has 2 rings (SSSR count). The first kappa shape index (κ1) is 9.66. The van der Waals surface area contributed by atoms with Gasteiger partial charge in [0.25, 0.3) is 0 Å². The normalized spacial score (nSPS) is 12.9. The highest BCUT2D eigenvalue weighted by Gasteiger charge is 2.14. The molecule has 2 aromatic rings. The van der Waals surface area contributed by atoms with Crippen molar-refractivity contribution in [1.29, 1.82) is 0 Å². The Morgan fingerprint density at radius 1 is 1.60 bits per heavy atom. The molecule has 5 N–H and O–H groups in total. The molecule has 0 unspecified atom stereocenters. The van der Waals surface area contributed by atoms with E-state index in [2.05, 4.69) is 20.1 Å². The molecule has 7 heteroatoms. The molecule has 0 fully saturated rings. The molecule has 0 aliphatic rings. The summed E-state index contributed by atoms with van der Waals surface area (Å²) in [6.45, 7) is 0. The van der Waals surface area contributed by atoms with Crippen molar-refractivity contribution < 1.29 is 0 Å². The van der Waals surface area contributed by atoms with Crippen LogP contribution >= 0.6 is 0 Å². The number of anilines is 1. The molecule has 0 amide bonds. The summed E-state index contributed by atoms with van der Waals surface area (Å²) in [7, 11) is 1.73. The Morgan fingerprint density at radius 2 is 2.40 bits per heavy atom. The summed E-state index contributed by atoms with van der Waals surface area (Å²) in [5.74, 6) is 0.912. The van der Waals surface area contributed by atoms with Crippen molar-refractivity contribution in [2.24, 2.45) is 12.8 Å². The largest absolute Gasteiger partial charge is 0.368 e. The molecular weight excluding hydrogens is 194 g/mol. The van der Waals surface area contributed by atoms with Gasteiger partial charge in [-0.25, -0.2) is 9.67 Å². The Morgan fingerprint density at radius 3 is 2.93 bits per heavy atom. The lowest BCUT2D eigenvalue weighted by molar-refractivity contribution is 0.641. The number of H-pyrrole nitrogens is 1. The lowest BCUT2D eigenvalue weighted by atomic mass is 10.2. The predicted molar refractivity (Wildman–Crippen MR) is 54.6 cm³/mol. The average molecular weight is 207 g/mol. The fraction of sp³-hybridized carbons (Fsp3) is 0.375. The number of nitrogen functional groups attached to an aromatic ring is 1. The van der Waals surface area contributed by atoms with E-state index in [-0.39, 0.29) is 6.04 Å². The topological polar surface area (TPSA) is 111 Å². The van der Waals surface area contributed by atoms with Gasteiger partial charge in [0.15, 0.2) is 5.82 Å². The van der Waals surface area contributed by atoms with Crippen LogP contribution in [0.3, 0.4) is 0 Å². The molecule has 0 aromatic carbocycles. The van der Waals surface area contributed by atoms with Gasteiger partial charge >= 0.3 is 0 Å². The summed E-state index contributed by atoms with van der Waals surface area (Å²) in [6, 6.07) is -0.269. The first-order chi connectivity index (χ1) is 7.16. The molecule has 80 valence electrons. The minimum atomic E-state index is -0.269. The number of imidazole rings is 1. The zero-order valence-electron chi connectivity index (χ0n) is 8.38. The van der Waals surface area contributed by atoms with E-state index in [1.165, 1.54) is 4.68 Å². The molecule has 0 aliphatic heterocycles. The molecule has 0 saturated carbocycles. The zero-order chi connectivity index (χ0) is 10.8. The van der Waals surface area contributed by atoms with Gasteiger partial charge in [-0.2, -0.15) is 10.1 Å². The summed E-state index contributed by atoms with van der Waals surface area (Å²) < 4.78 is 1.50. The van der Waals surface area contributed by atoms with Gasteiger partial charge in [-0.15, -0.1) is 0 Å². The number of rotatable bonds is 3. The van der Waals surface area contributed by atoms with Crippen LogP contribution in [0.2, 0.25) is 0 Å². The van der Waals surface area contributed by atoms with Gasteiger partial charge in [-0.3, -0.25) is 0 Å². The van der Waals surface area contributed by atoms with Gasteiger partial charge in [-0.1, -0.05) is 0 Å². The zero-order valence-corrected chi connectivity index (χ0v) is 8.38. The number of nitrogens with two attached hydrogens (primary N) is 2. The second-order valence-corrected chi connectivity index (χ2v) is 3.34. The quantitative estimate of drug-likeness (QED) is 0.620. The van der Waals surface area contributed by atoms with Gasteiger partial charge in [-0.05, 0) is 0 Å². The van der Waals surface area contributed by atoms with Gasteiger partial charge in [0, 0.05) is 25.4 Å². The molecule has 0 radical (unpaired) electrons. The monoisotopic (exact) mass is 207 g/mol. The van der Waals surface area contributed by atoms with Crippen LogP contribution in [-0.2, 0) is 13.5 Å².